The number of hydrogen-bond donors (Lipinski definition) is 2. The van der Waals surface area contributed by atoms with Crippen molar-refractivity contribution in [3.05, 3.63) is 35.9 Å². The van der Waals surface area contributed by atoms with Crippen molar-refractivity contribution in [2.24, 2.45) is 0 Å². The quantitative estimate of drug-likeness (QED) is 0.480. The number of halogens is 3. The zero-order chi connectivity index (χ0) is 23.6. The van der Waals surface area contributed by atoms with Crippen LogP contribution in [-0.2, 0) is 23.9 Å². The summed E-state index contributed by atoms with van der Waals surface area (Å²) in [5, 5.41) is 12.5. The Kier molecular flexibility index (Phi) is 6.64. The second-order valence-corrected chi connectivity index (χ2v) is 6.63. The van der Waals surface area contributed by atoms with Crippen LogP contribution in [-0.4, -0.2) is 77.4 Å². The third-order valence-corrected chi connectivity index (χ3v) is 4.85. The van der Waals surface area contributed by atoms with Gasteiger partial charge in [-0.05, 0) is 26.0 Å². The minimum Gasteiger partial charge on any atom is -0.464 e. The molecular formula is C19H21F3N2O7. The molecule has 1 fully saturated rings. The van der Waals surface area contributed by atoms with E-state index in [1.54, 1.807) is 11.4 Å². The lowest BCUT2D eigenvalue weighted by atomic mass is 9.76. The maximum atomic E-state index is 14.3. The van der Waals surface area contributed by atoms with Crippen molar-refractivity contribution in [2.45, 2.75) is 37.2 Å². The maximum absolute atomic E-state index is 14.3. The number of amides is 2. The van der Waals surface area contributed by atoms with Crippen molar-refractivity contribution in [3.63, 3.8) is 0 Å². The van der Waals surface area contributed by atoms with E-state index in [0.717, 1.165) is 7.05 Å². The Bertz CT molecular complexity index is 857. The summed E-state index contributed by atoms with van der Waals surface area (Å²) in [6.07, 6.45) is -5.75. The molecule has 0 aromatic heterocycles. The Morgan fingerprint density at radius 1 is 1.10 bits per heavy atom. The van der Waals surface area contributed by atoms with Crippen molar-refractivity contribution in [1.29, 1.82) is 0 Å². The molecule has 1 aromatic carbocycles. The van der Waals surface area contributed by atoms with Gasteiger partial charge in [0.1, 0.15) is 0 Å². The van der Waals surface area contributed by atoms with Gasteiger partial charge in [-0.15, -0.1) is 0 Å². The van der Waals surface area contributed by atoms with Crippen LogP contribution in [0, 0.1) is 0 Å². The largest absolute Gasteiger partial charge is 0.464 e. The minimum absolute atomic E-state index is 0.0907. The van der Waals surface area contributed by atoms with E-state index in [9.17, 15) is 37.5 Å². The summed E-state index contributed by atoms with van der Waals surface area (Å²) in [4.78, 5) is 50.9. The van der Waals surface area contributed by atoms with E-state index in [2.05, 4.69) is 9.47 Å². The molecule has 0 saturated carbocycles. The number of benzene rings is 1. The molecule has 1 aliphatic rings. The summed E-state index contributed by atoms with van der Waals surface area (Å²) in [5.74, 6) is -6.39. The Balaban J connectivity index is 2.72. The van der Waals surface area contributed by atoms with E-state index in [0.29, 0.717) is 4.90 Å². The molecule has 0 aliphatic carbocycles. The number of likely N-dealkylation sites (N-methyl/N-ethyl adjacent to an activating group) is 1. The fourth-order valence-electron chi connectivity index (χ4n) is 3.44. The molecule has 1 aliphatic heterocycles. The highest BCUT2D eigenvalue weighted by Crippen LogP contribution is 2.48. The van der Waals surface area contributed by atoms with Crippen LogP contribution in [0.5, 0.6) is 0 Å². The zero-order valence-electron chi connectivity index (χ0n) is 16.9. The van der Waals surface area contributed by atoms with E-state index in [1.807, 2.05) is 0 Å². The Morgan fingerprint density at radius 3 is 2.00 bits per heavy atom. The Morgan fingerprint density at radius 2 is 1.58 bits per heavy atom. The lowest BCUT2D eigenvalue weighted by Gasteiger charge is -2.41. The maximum Gasteiger partial charge on any atom is 0.423 e. The molecule has 12 heteroatoms. The lowest BCUT2D eigenvalue weighted by molar-refractivity contribution is -0.289. The number of carbonyl (C=O) groups excluding carboxylic acids is 4. The van der Waals surface area contributed by atoms with Crippen molar-refractivity contribution < 1.29 is 46.9 Å². The van der Waals surface area contributed by atoms with Crippen molar-refractivity contribution in [3.8, 4) is 0 Å². The molecule has 31 heavy (non-hydrogen) atoms. The molecular weight excluding hydrogens is 425 g/mol. The van der Waals surface area contributed by atoms with Crippen LogP contribution in [0.25, 0.3) is 0 Å². The Hall–Kier alpha value is -3.15. The van der Waals surface area contributed by atoms with E-state index in [4.69, 9.17) is 0 Å². The number of hydrogen-bond acceptors (Lipinski definition) is 7. The molecule has 1 heterocycles. The average molecular weight is 446 g/mol. The fourth-order valence-corrected chi connectivity index (χ4v) is 3.44. The lowest BCUT2D eigenvalue weighted by Crippen LogP contribution is -2.76. The van der Waals surface area contributed by atoms with Crippen LogP contribution in [0.4, 0.5) is 13.2 Å². The zero-order valence-corrected chi connectivity index (χ0v) is 16.9. The van der Waals surface area contributed by atoms with Gasteiger partial charge < -0.3 is 24.8 Å². The SMILES string of the molecule is CCOC(=O)C1(C(=O)OCC)NC(=O)C(N(C)C(=O)c2ccccc2)C1(O)C(F)(F)F. The molecule has 2 rings (SSSR count). The highest BCUT2D eigenvalue weighted by molar-refractivity contribution is 6.14. The first-order valence-corrected chi connectivity index (χ1v) is 9.17. The van der Waals surface area contributed by atoms with Gasteiger partial charge in [-0.1, -0.05) is 18.2 Å². The van der Waals surface area contributed by atoms with E-state index >= 15 is 0 Å². The highest BCUT2D eigenvalue weighted by Gasteiger charge is 2.84. The summed E-state index contributed by atoms with van der Waals surface area (Å²) in [6, 6.07) is 4.29. The summed E-state index contributed by atoms with van der Waals surface area (Å²) in [6.45, 7) is 1.58. The number of aliphatic hydroxyl groups is 1. The molecule has 2 unspecified atom stereocenters. The van der Waals surface area contributed by atoms with E-state index < -0.39 is 60.3 Å². The summed E-state index contributed by atoms with van der Waals surface area (Å²) < 4.78 is 52.1. The molecule has 1 saturated heterocycles. The van der Waals surface area contributed by atoms with Gasteiger partial charge in [0.2, 0.25) is 11.5 Å². The van der Waals surface area contributed by atoms with Crippen LogP contribution in [0.1, 0.15) is 24.2 Å². The summed E-state index contributed by atoms with van der Waals surface area (Å²) >= 11 is 0. The molecule has 0 radical (unpaired) electrons. The van der Waals surface area contributed by atoms with Gasteiger partial charge in [-0.3, -0.25) is 9.59 Å². The number of carbonyl (C=O) groups is 4. The molecule has 2 N–H and O–H groups in total. The molecule has 2 atom stereocenters. The second-order valence-electron chi connectivity index (χ2n) is 6.63. The van der Waals surface area contributed by atoms with Crippen LogP contribution in [0.15, 0.2) is 30.3 Å². The van der Waals surface area contributed by atoms with Crippen molar-refractivity contribution in [1.82, 2.24) is 10.2 Å². The number of esters is 2. The molecule has 0 spiro atoms. The summed E-state index contributed by atoms with van der Waals surface area (Å²) in [5.41, 5.74) is -8.16. The van der Waals surface area contributed by atoms with Gasteiger partial charge in [0.05, 0.1) is 13.2 Å². The number of nitrogens with one attached hydrogen (secondary N) is 1. The smallest absolute Gasteiger partial charge is 0.423 e. The van der Waals surface area contributed by atoms with Crippen LogP contribution < -0.4 is 5.32 Å². The Labute approximate surface area is 175 Å². The van der Waals surface area contributed by atoms with Gasteiger partial charge in [0, 0.05) is 12.6 Å². The van der Waals surface area contributed by atoms with Crippen LogP contribution in [0.2, 0.25) is 0 Å². The van der Waals surface area contributed by atoms with Gasteiger partial charge in [-0.2, -0.15) is 13.2 Å². The third-order valence-electron chi connectivity index (χ3n) is 4.85. The number of rotatable bonds is 6. The van der Waals surface area contributed by atoms with E-state index in [1.165, 1.54) is 38.1 Å². The first-order valence-electron chi connectivity index (χ1n) is 9.17. The number of ether oxygens (including phenoxy) is 2. The average Bonchev–Trinajstić information content (AvgIpc) is 2.96. The third kappa shape index (κ3) is 3.60. The monoisotopic (exact) mass is 446 g/mol. The predicted octanol–water partition coefficient (Wildman–Crippen LogP) is 0.415. The topological polar surface area (TPSA) is 122 Å². The molecule has 0 bridgehead atoms. The summed E-state index contributed by atoms with van der Waals surface area (Å²) in [7, 11) is 0.836. The molecule has 9 nitrogen and oxygen atoms in total. The second kappa shape index (κ2) is 8.53. The van der Waals surface area contributed by atoms with Crippen molar-refractivity contribution >= 4 is 23.8 Å². The van der Waals surface area contributed by atoms with Gasteiger partial charge in [0.15, 0.2) is 6.04 Å². The van der Waals surface area contributed by atoms with E-state index in [-0.39, 0.29) is 5.56 Å². The normalized spacial score (nSPS) is 22.4. The molecule has 170 valence electrons. The fraction of sp³-hybridized carbons (Fsp3) is 0.474. The van der Waals surface area contributed by atoms with Crippen molar-refractivity contribution in [2.75, 3.05) is 20.3 Å². The van der Waals surface area contributed by atoms with Gasteiger partial charge in [0.25, 0.3) is 11.4 Å². The molecule has 1 aromatic rings. The first kappa shape index (κ1) is 24.1. The highest BCUT2D eigenvalue weighted by atomic mass is 19.4. The van der Waals surface area contributed by atoms with Gasteiger partial charge >= 0.3 is 18.1 Å². The van der Waals surface area contributed by atoms with Crippen LogP contribution in [0.3, 0.4) is 0 Å². The molecule has 2 amide bonds. The predicted molar refractivity (Wildman–Crippen MR) is 97.5 cm³/mol. The van der Waals surface area contributed by atoms with Crippen LogP contribution >= 0.6 is 0 Å². The number of alkyl halides is 3. The van der Waals surface area contributed by atoms with Gasteiger partial charge in [-0.25, -0.2) is 9.59 Å². The number of nitrogens with zero attached hydrogens (tertiary/aromatic N) is 1. The standard InChI is InChI=1S/C19H21F3N2O7/c1-4-30-15(27)17(16(28)31-5-2)18(29,19(20,21)22)12(13(25)23-17)24(3)14(26)11-9-7-6-8-10-11/h6-10,12,29H,4-5H2,1-3H3,(H,23,25). The first-order chi connectivity index (χ1) is 14.4. The minimum atomic E-state index is -5.75.